The molecule has 0 saturated carbocycles. The van der Waals surface area contributed by atoms with E-state index in [2.05, 4.69) is 25.2 Å². The Labute approximate surface area is 114 Å². The van der Waals surface area contributed by atoms with E-state index in [1.807, 2.05) is 24.0 Å². The number of carbonyl (C=O) groups excluding carboxylic acids is 1. The molecule has 1 aromatic carbocycles. The number of aryl methyl sites for hydroxylation is 1. The van der Waals surface area contributed by atoms with E-state index in [1.54, 1.807) is 7.11 Å². The van der Waals surface area contributed by atoms with Crippen LogP contribution in [-0.2, 0) is 4.79 Å². The fourth-order valence-electron chi connectivity index (χ4n) is 2.56. The van der Waals surface area contributed by atoms with E-state index in [0.29, 0.717) is 6.54 Å². The molecule has 104 valence electrons. The van der Waals surface area contributed by atoms with Crippen LogP contribution in [0.5, 0.6) is 5.75 Å². The highest BCUT2D eigenvalue weighted by molar-refractivity contribution is 5.81. The molecular weight excluding hydrogens is 240 g/mol. The quantitative estimate of drug-likeness (QED) is 0.904. The van der Waals surface area contributed by atoms with Crippen molar-refractivity contribution in [1.82, 2.24) is 10.2 Å². The summed E-state index contributed by atoms with van der Waals surface area (Å²) in [4.78, 5) is 14.0. The summed E-state index contributed by atoms with van der Waals surface area (Å²) in [6, 6.07) is 6.32. The van der Waals surface area contributed by atoms with Crippen molar-refractivity contribution in [3.8, 4) is 5.75 Å². The third kappa shape index (κ3) is 2.59. The Morgan fingerprint density at radius 3 is 2.84 bits per heavy atom. The number of methoxy groups -OCH3 is 1. The van der Waals surface area contributed by atoms with Gasteiger partial charge in [-0.2, -0.15) is 0 Å². The lowest BCUT2D eigenvalue weighted by Gasteiger charge is -2.30. The van der Waals surface area contributed by atoms with Crippen LogP contribution in [0.4, 0.5) is 0 Å². The van der Waals surface area contributed by atoms with Gasteiger partial charge in [-0.25, -0.2) is 0 Å². The number of benzene rings is 1. The predicted octanol–water partition coefficient (Wildman–Crippen LogP) is 2.23. The normalized spacial score (nSPS) is 20.7. The van der Waals surface area contributed by atoms with Gasteiger partial charge in [-0.3, -0.25) is 10.1 Å². The van der Waals surface area contributed by atoms with Crippen LogP contribution in [-0.4, -0.2) is 30.5 Å². The number of nitrogens with one attached hydrogen (secondary N) is 1. The topological polar surface area (TPSA) is 41.6 Å². The average Bonchev–Trinajstić information content (AvgIpc) is 2.79. The largest absolute Gasteiger partial charge is 0.496 e. The Balaban J connectivity index is 2.30. The van der Waals surface area contributed by atoms with Crippen molar-refractivity contribution in [3.05, 3.63) is 29.3 Å². The van der Waals surface area contributed by atoms with Gasteiger partial charge >= 0.3 is 0 Å². The Hall–Kier alpha value is -1.55. The van der Waals surface area contributed by atoms with E-state index in [-0.39, 0.29) is 18.1 Å². The van der Waals surface area contributed by atoms with Gasteiger partial charge in [0.05, 0.1) is 13.7 Å². The van der Waals surface area contributed by atoms with Crippen molar-refractivity contribution < 1.29 is 9.53 Å². The van der Waals surface area contributed by atoms with Crippen LogP contribution in [0.2, 0.25) is 0 Å². The molecule has 0 spiro atoms. The van der Waals surface area contributed by atoms with Gasteiger partial charge in [-0.05, 0) is 43.5 Å². The highest BCUT2D eigenvalue weighted by atomic mass is 16.5. The van der Waals surface area contributed by atoms with E-state index >= 15 is 0 Å². The highest BCUT2D eigenvalue weighted by Crippen LogP contribution is 2.29. The average molecular weight is 262 g/mol. The van der Waals surface area contributed by atoms with Crippen molar-refractivity contribution in [3.63, 3.8) is 0 Å². The van der Waals surface area contributed by atoms with Crippen molar-refractivity contribution in [2.24, 2.45) is 0 Å². The summed E-state index contributed by atoms with van der Waals surface area (Å²) < 4.78 is 5.28. The van der Waals surface area contributed by atoms with E-state index in [1.165, 1.54) is 0 Å². The van der Waals surface area contributed by atoms with Gasteiger partial charge in [0, 0.05) is 6.04 Å². The van der Waals surface area contributed by atoms with Crippen LogP contribution in [0.3, 0.4) is 0 Å². The maximum absolute atomic E-state index is 12.0. The molecule has 0 aliphatic carbocycles. The number of ether oxygens (including phenoxy) is 1. The number of carbonyl (C=O) groups is 1. The van der Waals surface area contributed by atoms with Gasteiger partial charge in [0.2, 0.25) is 5.91 Å². The second kappa shape index (κ2) is 5.61. The molecule has 19 heavy (non-hydrogen) atoms. The minimum atomic E-state index is -0.0212. The number of nitrogens with zero attached hydrogens (tertiary/aromatic N) is 1. The number of hydrogen-bond donors (Lipinski definition) is 1. The number of rotatable bonds is 4. The highest BCUT2D eigenvalue weighted by Gasteiger charge is 2.34. The maximum atomic E-state index is 12.0. The number of hydrogen-bond acceptors (Lipinski definition) is 3. The molecular formula is C15H22N2O2. The van der Waals surface area contributed by atoms with Gasteiger partial charge < -0.3 is 9.64 Å². The molecule has 2 atom stereocenters. The first-order valence-corrected chi connectivity index (χ1v) is 6.77. The van der Waals surface area contributed by atoms with Gasteiger partial charge in [0.1, 0.15) is 11.9 Å². The Morgan fingerprint density at radius 2 is 2.26 bits per heavy atom. The Bertz CT molecular complexity index is 473. The minimum Gasteiger partial charge on any atom is -0.496 e. The van der Waals surface area contributed by atoms with E-state index < -0.39 is 0 Å². The summed E-state index contributed by atoms with van der Waals surface area (Å²) in [6.07, 6.45) is 0.936. The van der Waals surface area contributed by atoms with Crippen LogP contribution >= 0.6 is 0 Å². The Kier molecular flexibility index (Phi) is 4.10. The first-order valence-electron chi connectivity index (χ1n) is 6.77. The fourth-order valence-corrected chi connectivity index (χ4v) is 2.56. The smallest absolute Gasteiger partial charge is 0.238 e. The number of amides is 1. The summed E-state index contributed by atoms with van der Waals surface area (Å²) in [7, 11) is 1.67. The van der Waals surface area contributed by atoms with Gasteiger partial charge in [0.25, 0.3) is 0 Å². The van der Waals surface area contributed by atoms with Gasteiger partial charge in [-0.15, -0.1) is 0 Å². The zero-order chi connectivity index (χ0) is 14.0. The summed E-state index contributed by atoms with van der Waals surface area (Å²) in [5.41, 5.74) is 2.20. The van der Waals surface area contributed by atoms with Crippen LogP contribution in [0.1, 0.15) is 37.6 Å². The predicted molar refractivity (Wildman–Crippen MR) is 75.1 cm³/mol. The molecule has 1 aromatic rings. The fraction of sp³-hybridized carbons (Fsp3) is 0.533. The molecule has 2 unspecified atom stereocenters. The van der Waals surface area contributed by atoms with Crippen molar-refractivity contribution in [2.45, 2.75) is 39.4 Å². The molecule has 0 aromatic heterocycles. The van der Waals surface area contributed by atoms with Gasteiger partial charge in [-0.1, -0.05) is 13.0 Å². The molecule has 4 nitrogen and oxygen atoms in total. The molecule has 1 fully saturated rings. The summed E-state index contributed by atoms with van der Waals surface area (Å²) in [6.45, 7) is 6.63. The molecule has 1 N–H and O–H groups in total. The Morgan fingerprint density at radius 1 is 1.53 bits per heavy atom. The summed E-state index contributed by atoms with van der Waals surface area (Å²) in [5.74, 6) is 1.05. The van der Waals surface area contributed by atoms with E-state index in [9.17, 15) is 4.79 Å². The lowest BCUT2D eigenvalue weighted by molar-refractivity contribution is -0.130. The van der Waals surface area contributed by atoms with Crippen LogP contribution in [0.15, 0.2) is 18.2 Å². The molecule has 0 radical (unpaired) electrons. The lowest BCUT2D eigenvalue weighted by Crippen LogP contribution is -2.37. The zero-order valence-electron chi connectivity index (χ0n) is 12.1. The van der Waals surface area contributed by atoms with Crippen LogP contribution in [0, 0.1) is 6.92 Å². The molecule has 1 aliphatic rings. The molecule has 4 heteroatoms. The van der Waals surface area contributed by atoms with Crippen LogP contribution in [0.25, 0.3) is 0 Å². The van der Waals surface area contributed by atoms with Crippen molar-refractivity contribution in [1.29, 1.82) is 0 Å². The monoisotopic (exact) mass is 262 g/mol. The SMILES string of the molecule is CCC(C)N1C(=O)CNC1c1ccc(OC)c(C)c1. The molecule has 0 bridgehead atoms. The zero-order valence-corrected chi connectivity index (χ0v) is 12.1. The first-order chi connectivity index (χ1) is 9.08. The summed E-state index contributed by atoms with van der Waals surface area (Å²) in [5, 5.41) is 3.29. The molecule has 1 saturated heterocycles. The molecule has 1 aliphatic heterocycles. The van der Waals surface area contributed by atoms with Crippen molar-refractivity contribution in [2.75, 3.05) is 13.7 Å². The van der Waals surface area contributed by atoms with E-state index in [4.69, 9.17) is 4.74 Å². The molecule has 2 rings (SSSR count). The minimum absolute atomic E-state index is 0.0212. The van der Waals surface area contributed by atoms with Crippen LogP contribution < -0.4 is 10.1 Å². The second-order valence-electron chi connectivity index (χ2n) is 5.07. The maximum Gasteiger partial charge on any atom is 0.238 e. The lowest BCUT2D eigenvalue weighted by atomic mass is 10.1. The van der Waals surface area contributed by atoms with E-state index in [0.717, 1.165) is 23.3 Å². The molecule has 1 heterocycles. The third-order valence-electron chi connectivity index (χ3n) is 3.81. The summed E-state index contributed by atoms with van der Waals surface area (Å²) >= 11 is 0. The first kappa shape index (κ1) is 13.9. The third-order valence-corrected chi connectivity index (χ3v) is 3.81. The molecule has 1 amide bonds. The van der Waals surface area contributed by atoms with Crippen molar-refractivity contribution >= 4 is 5.91 Å². The van der Waals surface area contributed by atoms with Gasteiger partial charge in [0.15, 0.2) is 0 Å². The standard InChI is InChI=1S/C15H22N2O2/c1-5-11(3)17-14(18)9-16-15(17)12-6-7-13(19-4)10(2)8-12/h6-8,11,15-16H,5,9H2,1-4H3. The second-order valence-corrected chi connectivity index (χ2v) is 5.07.